The van der Waals surface area contributed by atoms with Crippen LogP contribution < -0.4 is 11.1 Å². The summed E-state index contributed by atoms with van der Waals surface area (Å²) in [5.41, 5.74) is 5.83. The van der Waals surface area contributed by atoms with Gasteiger partial charge in [-0.3, -0.25) is 4.79 Å². The van der Waals surface area contributed by atoms with Crippen LogP contribution in [-0.4, -0.2) is 29.2 Å². The molecule has 1 unspecified atom stereocenters. The Balaban J connectivity index is 2.29. The van der Waals surface area contributed by atoms with Crippen molar-refractivity contribution in [1.82, 2.24) is 5.32 Å². The molecular weight excluding hydrogens is 192 g/mol. The van der Waals surface area contributed by atoms with Crippen molar-refractivity contribution in [3.63, 3.8) is 0 Å². The minimum absolute atomic E-state index is 0.224. The highest BCUT2D eigenvalue weighted by atomic mass is 16.3. The van der Waals surface area contributed by atoms with Crippen LogP contribution in [-0.2, 0) is 4.79 Å². The molecule has 0 aliphatic heterocycles. The number of carbonyl (C=O) groups is 1. The molecule has 4 nitrogen and oxygen atoms in total. The molecule has 1 rings (SSSR count). The third-order valence-electron chi connectivity index (χ3n) is 3.24. The zero-order valence-electron chi connectivity index (χ0n) is 9.57. The Kier molecular flexibility index (Phi) is 4.54. The number of amides is 1. The number of nitrogens with one attached hydrogen (secondary N) is 1. The van der Waals surface area contributed by atoms with Gasteiger partial charge in [-0.25, -0.2) is 0 Å². The van der Waals surface area contributed by atoms with Gasteiger partial charge in [-0.15, -0.1) is 0 Å². The molecule has 4 N–H and O–H groups in total. The van der Waals surface area contributed by atoms with E-state index in [1.165, 1.54) is 6.92 Å². The normalized spacial score (nSPS) is 30.7. The maximum absolute atomic E-state index is 11.2. The topological polar surface area (TPSA) is 75.3 Å². The zero-order valence-corrected chi connectivity index (χ0v) is 9.57. The van der Waals surface area contributed by atoms with Crippen LogP contribution in [0.1, 0.15) is 39.5 Å². The molecule has 0 aromatic rings. The highest BCUT2D eigenvalue weighted by Crippen LogP contribution is 2.26. The highest BCUT2D eigenvalue weighted by molar-refractivity contribution is 5.80. The Morgan fingerprint density at radius 1 is 1.33 bits per heavy atom. The summed E-state index contributed by atoms with van der Waals surface area (Å²) < 4.78 is 0. The fourth-order valence-electron chi connectivity index (χ4n) is 2.11. The number of hydrogen-bond acceptors (Lipinski definition) is 3. The van der Waals surface area contributed by atoms with Crippen molar-refractivity contribution >= 4 is 5.91 Å². The van der Waals surface area contributed by atoms with Gasteiger partial charge in [-0.05, 0) is 45.4 Å². The molecule has 1 aliphatic rings. The predicted octanol–water partition coefficient (Wildman–Crippen LogP) is 0.389. The molecule has 0 heterocycles. The first-order valence-electron chi connectivity index (χ1n) is 5.74. The maximum atomic E-state index is 11.2. The quantitative estimate of drug-likeness (QED) is 0.636. The number of carbonyl (C=O) groups excluding carboxylic acids is 1. The van der Waals surface area contributed by atoms with Crippen LogP contribution in [0, 0.1) is 5.92 Å². The van der Waals surface area contributed by atoms with Gasteiger partial charge >= 0.3 is 0 Å². The Morgan fingerprint density at radius 2 is 1.87 bits per heavy atom. The molecule has 1 aliphatic carbocycles. The molecular formula is C11H22N2O2. The van der Waals surface area contributed by atoms with Crippen LogP contribution in [0.3, 0.4) is 0 Å². The van der Waals surface area contributed by atoms with Gasteiger partial charge in [-0.2, -0.15) is 0 Å². The molecule has 0 radical (unpaired) electrons. The van der Waals surface area contributed by atoms with E-state index in [2.05, 4.69) is 5.32 Å². The van der Waals surface area contributed by atoms with Gasteiger partial charge in [0.05, 0.1) is 0 Å². The first kappa shape index (κ1) is 12.5. The first-order valence-corrected chi connectivity index (χ1v) is 5.74. The van der Waals surface area contributed by atoms with Gasteiger partial charge in [0.1, 0.15) is 6.10 Å². The summed E-state index contributed by atoms with van der Waals surface area (Å²) >= 11 is 0. The lowest BCUT2D eigenvalue weighted by atomic mass is 9.82. The second-order valence-electron chi connectivity index (χ2n) is 4.66. The van der Waals surface area contributed by atoms with Crippen LogP contribution in [0.4, 0.5) is 0 Å². The van der Waals surface area contributed by atoms with Crippen molar-refractivity contribution in [3.8, 4) is 0 Å². The van der Waals surface area contributed by atoms with Gasteiger partial charge in [0, 0.05) is 12.1 Å². The Hall–Kier alpha value is -0.610. The van der Waals surface area contributed by atoms with Crippen LogP contribution in [0.15, 0.2) is 0 Å². The van der Waals surface area contributed by atoms with E-state index in [4.69, 9.17) is 10.8 Å². The molecule has 0 aromatic carbocycles. The molecule has 0 bridgehead atoms. The lowest BCUT2D eigenvalue weighted by Gasteiger charge is -2.31. The van der Waals surface area contributed by atoms with E-state index in [-0.39, 0.29) is 18.0 Å². The fourth-order valence-corrected chi connectivity index (χ4v) is 2.11. The van der Waals surface area contributed by atoms with Gasteiger partial charge in [0.15, 0.2) is 0 Å². The average Bonchev–Trinajstić information content (AvgIpc) is 2.18. The summed E-state index contributed by atoms with van der Waals surface area (Å²) in [5, 5.41) is 11.9. The minimum Gasteiger partial charge on any atom is -0.384 e. The van der Waals surface area contributed by atoms with Crippen molar-refractivity contribution in [1.29, 1.82) is 0 Å². The van der Waals surface area contributed by atoms with E-state index < -0.39 is 6.10 Å². The lowest BCUT2D eigenvalue weighted by molar-refractivity contribution is -0.129. The van der Waals surface area contributed by atoms with E-state index in [1.807, 2.05) is 6.92 Å². The molecule has 15 heavy (non-hydrogen) atoms. The highest BCUT2D eigenvalue weighted by Gasteiger charge is 2.25. The fraction of sp³-hybridized carbons (Fsp3) is 0.909. The minimum atomic E-state index is -0.906. The van der Waals surface area contributed by atoms with Gasteiger partial charge < -0.3 is 16.2 Å². The monoisotopic (exact) mass is 214 g/mol. The van der Waals surface area contributed by atoms with Crippen molar-refractivity contribution in [2.45, 2.75) is 57.7 Å². The summed E-state index contributed by atoms with van der Waals surface area (Å²) in [5.74, 6) is 0.323. The lowest BCUT2D eigenvalue weighted by Crippen LogP contribution is -2.43. The second kappa shape index (κ2) is 5.47. The van der Waals surface area contributed by atoms with Gasteiger partial charge in [-0.1, -0.05) is 0 Å². The summed E-state index contributed by atoms with van der Waals surface area (Å²) in [7, 11) is 0. The maximum Gasteiger partial charge on any atom is 0.248 e. The summed E-state index contributed by atoms with van der Waals surface area (Å²) in [6.07, 6.45) is 3.19. The van der Waals surface area contributed by atoms with Crippen LogP contribution in [0.2, 0.25) is 0 Å². The molecule has 1 fully saturated rings. The Bertz CT molecular complexity index is 209. The zero-order chi connectivity index (χ0) is 11.4. The Labute approximate surface area is 91.2 Å². The molecule has 2 atom stereocenters. The summed E-state index contributed by atoms with van der Waals surface area (Å²) in [4.78, 5) is 11.2. The molecule has 4 heteroatoms. The number of hydrogen-bond donors (Lipinski definition) is 3. The molecule has 1 saturated carbocycles. The second-order valence-corrected chi connectivity index (χ2v) is 4.66. The molecule has 0 aromatic heterocycles. The van der Waals surface area contributed by atoms with Gasteiger partial charge in [0.25, 0.3) is 0 Å². The van der Waals surface area contributed by atoms with Crippen molar-refractivity contribution in [3.05, 3.63) is 0 Å². The van der Waals surface area contributed by atoms with Crippen molar-refractivity contribution in [2.75, 3.05) is 0 Å². The van der Waals surface area contributed by atoms with E-state index in [0.717, 1.165) is 25.7 Å². The number of nitrogens with two attached hydrogens (primary N) is 1. The Morgan fingerprint density at radius 3 is 2.27 bits per heavy atom. The number of rotatable bonds is 3. The third kappa shape index (κ3) is 3.80. The van der Waals surface area contributed by atoms with Crippen LogP contribution >= 0.6 is 0 Å². The third-order valence-corrected chi connectivity index (χ3v) is 3.24. The standard InChI is InChI=1S/C11H22N2O2/c1-7(12)9-3-5-10(6-4-9)13-11(15)8(2)14/h7-10,14H,3-6,12H2,1-2H3,(H,13,15)/t7-,8?,9?,10?/m1/s1. The average molecular weight is 214 g/mol. The SMILES string of the molecule is CC(O)C(=O)NC1CCC([C@@H](C)N)CC1. The van der Waals surface area contributed by atoms with Crippen LogP contribution in [0.5, 0.6) is 0 Å². The molecule has 1 amide bonds. The molecule has 0 saturated heterocycles. The number of aliphatic hydroxyl groups excluding tert-OH is 1. The number of aliphatic hydroxyl groups is 1. The van der Waals surface area contributed by atoms with E-state index in [0.29, 0.717) is 5.92 Å². The molecule has 88 valence electrons. The summed E-state index contributed by atoms with van der Waals surface area (Å²) in [6, 6.07) is 0.473. The van der Waals surface area contributed by atoms with Crippen molar-refractivity contribution < 1.29 is 9.90 Å². The van der Waals surface area contributed by atoms with Crippen molar-refractivity contribution in [2.24, 2.45) is 11.7 Å². The van der Waals surface area contributed by atoms with Crippen LogP contribution in [0.25, 0.3) is 0 Å². The van der Waals surface area contributed by atoms with E-state index >= 15 is 0 Å². The molecule has 0 spiro atoms. The van der Waals surface area contributed by atoms with Gasteiger partial charge in [0.2, 0.25) is 5.91 Å². The smallest absolute Gasteiger partial charge is 0.248 e. The largest absolute Gasteiger partial charge is 0.384 e. The summed E-state index contributed by atoms with van der Waals surface area (Å²) in [6.45, 7) is 3.53. The first-order chi connectivity index (χ1) is 7.00. The predicted molar refractivity (Wildman–Crippen MR) is 59.2 cm³/mol. The van der Waals surface area contributed by atoms with E-state index in [1.54, 1.807) is 0 Å². The van der Waals surface area contributed by atoms with E-state index in [9.17, 15) is 4.79 Å².